The van der Waals surface area contributed by atoms with Crippen LogP contribution in [0.3, 0.4) is 0 Å². The zero-order valence-electron chi connectivity index (χ0n) is 14.5. The van der Waals surface area contributed by atoms with Gasteiger partial charge in [0.25, 0.3) is 5.91 Å². The van der Waals surface area contributed by atoms with Gasteiger partial charge in [0, 0.05) is 17.1 Å². The quantitative estimate of drug-likeness (QED) is 0.717. The molecule has 22 heavy (non-hydrogen) atoms. The van der Waals surface area contributed by atoms with Crippen molar-refractivity contribution in [3.8, 4) is 5.75 Å². The van der Waals surface area contributed by atoms with E-state index in [0.717, 1.165) is 18.4 Å². The topological polar surface area (TPSA) is 29.5 Å². The molecule has 0 aliphatic heterocycles. The fourth-order valence-electron chi connectivity index (χ4n) is 2.46. The molecule has 1 rings (SSSR count). The SMILES string of the molecule is CCC(C)N(C(=O)C(C)Oc1ccc(Cl)cc1C)C(C)CC. The average Bonchev–Trinajstić information content (AvgIpc) is 2.49. The molecule has 3 nitrogen and oxygen atoms in total. The van der Waals surface area contributed by atoms with Gasteiger partial charge in [-0.05, 0) is 64.3 Å². The summed E-state index contributed by atoms with van der Waals surface area (Å²) in [5, 5.41) is 0.671. The summed E-state index contributed by atoms with van der Waals surface area (Å²) >= 11 is 5.96. The van der Waals surface area contributed by atoms with Crippen LogP contribution in [0.2, 0.25) is 5.02 Å². The summed E-state index contributed by atoms with van der Waals surface area (Å²) in [6.45, 7) is 12.1. The molecule has 1 aromatic rings. The van der Waals surface area contributed by atoms with Gasteiger partial charge in [0.1, 0.15) is 5.75 Å². The van der Waals surface area contributed by atoms with Gasteiger partial charge in [-0.3, -0.25) is 4.79 Å². The van der Waals surface area contributed by atoms with Gasteiger partial charge in [0.15, 0.2) is 6.10 Å². The zero-order valence-corrected chi connectivity index (χ0v) is 15.3. The number of hydrogen-bond donors (Lipinski definition) is 0. The van der Waals surface area contributed by atoms with E-state index in [1.54, 1.807) is 6.07 Å². The Morgan fingerprint density at radius 1 is 1.18 bits per heavy atom. The van der Waals surface area contributed by atoms with Gasteiger partial charge >= 0.3 is 0 Å². The van der Waals surface area contributed by atoms with Crippen LogP contribution in [0.15, 0.2) is 18.2 Å². The second-order valence-corrected chi connectivity index (χ2v) is 6.37. The van der Waals surface area contributed by atoms with Crippen LogP contribution in [0, 0.1) is 6.92 Å². The molecule has 0 saturated carbocycles. The van der Waals surface area contributed by atoms with Crippen molar-refractivity contribution in [2.24, 2.45) is 0 Å². The van der Waals surface area contributed by atoms with Crippen LogP contribution in [-0.4, -0.2) is 29.0 Å². The summed E-state index contributed by atoms with van der Waals surface area (Å²) in [6, 6.07) is 5.86. The van der Waals surface area contributed by atoms with Gasteiger partial charge in [-0.1, -0.05) is 25.4 Å². The average molecular weight is 326 g/mol. The molecule has 1 amide bonds. The van der Waals surface area contributed by atoms with Gasteiger partial charge in [-0.2, -0.15) is 0 Å². The molecule has 3 atom stereocenters. The smallest absolute Gasteiger partial charge is 0.263 e. The Labute approximate surface area is 139 Å². The number of hydrogen-bond acceptors (Lipinski definition) is 2. The lowest BCUT2D eigenvalue weighted by Crippen LogP contribution is -2.49. The second-order valence-electron chi connectivity index (χ2n) is 5.93. The maximum atomic E-state index is 12.8. The molecule has 1 aromatic carbocycles. The summed E-state index contributed by atoms with van der Waals surface area (Å²) in [7, 11) is 0. The maximum absolute atomic E-state index is 12.8. The third-order valence-electron chi connectivity index (χ3n) is 4.17. The Hall–Kier alpha value is -1.22. The zero-order chi connectivity index (χ0) is 16.9. The number of carbonyl (C=O) groups excluding carboxylic acids is 1. The molecule has 124 valence electrons. The van der Waals surface area contributed by atoms with E-state index in [-0.39, 0.29) is 18.0 Å². The molecule has 0 aliphatic carbocycles. The van der Waals surface area contributed by atoms with E-state index < -0.39 is 6.10 Å². The van der Waals surface area contributed by atoms with Gasteiger partial charge in [0.2, 0.25) is 0 Å². The van der Waals surface area contributed by atoms with Crippen LogP contribution in [0.4, 0.5) is 0 Å². The highest BCUT2D eigenvalue weighted by molar-refractivity contribution is 6.30. The summed E-state index contributed by atoms with van der Waals surface area (Å²) in [5.74, 6) is 0.747. The normalized spacial score (nSPS) is 15.0. The van der Waals surface area contributed by atoms with Crippen molar-refractivity contribution < 1.29 is 9.53 Å². The van der Waals surface area contributed by atoms with E-state index in [1.807, 2.05) is 30.9 Å². The van der Waals surface area contributed by atoms with Crippen LogP contribution in [0.25, 0.3) is 0 Å². The number of benzene rings is 1. The Bertz CT molecular complexity index is 494. The number of ether oxygens (including phenoxy) is 1. The van der Waals surface area contributed by atoms with Gasteiger partial charge in [-0.15, -0.1) is 0 Å². The van der Waals surface area contributed by atoms with E-state index >= 15 is 0 Å². The predicted molar refractivity (Wildman–Crippen MR) is 92.6 cm³/mol. The Kier molecular flexibility index (Phi) is 7.21. The maximum Gasteiger partial charge on any atom is 0.263 e. The van der Waals surface area contributed by atoms with Crippen LogP contribution in [-0.2, 0) is 4.79 Å². The number of rotatable bonds is 7. The Morgan fingerprint density at radius 3 is 2.18 bits per heavy atom. The summed E-state index contributed by atoms with van der Waals surface area (Å²) in [4.78, 5) is 14.8. The largest absolute Gasteiger partial charge is 0.481 e. The van der Waals surface area contributed by atoms with Crippen LogP contribution in [0.5, 0.6) is 5.75 Å². The minimum atomic E-state index is -0.511. The third-order valence-corrected chi connectivity index (χ3v) is 4.41. The fraction of sp³-hybridized carbons (Fsp3) is 0.611. The monoisotopic (exact) mass is 325 g/mol. The predicted octanol–water partition coefficient (Wildman–Crippen LogP) is 4.84. The van der Waals surface area contributed by atoms with Crippen LogP contribution < -0.4 is 4.74 Å². The number of halogens is 1. The highest BCUT2D eigenvalue weighted by Crippen LogP contribution is 2.24. The van der Waals surface area contributed by atoms with Gasteiger partial charge < -0.3 is 9.64 Å². The first-order valence-corrected chi connectivity index (χ1v) is 8.44. The number of amides is 1. The van der Waals surface area contributed by atoms with E-state index in [0.29, 0.717) is 10.8 Å². The molecule has 0 aromatic heterocycles. The van der Waals surface area contributed by atoms with E-state index in [2.05, 4.69) is 27.7 Å². The van der Waals surface area contributed by atoms with E-state index in [9.17, 15) is 4.79 Å². The van der Waals surface area contributed by atoms with Crippen molar-refractivity contribution in [1.82, 2.24) is 4.90 Å². The lowest BCUT2D eigenvalue weighted by atomic mass is 10.1. The number of aryl methyl sites for hydroxylation is 1. The molecule has 0 aliphatic rings. The minimum absolute atomic E-state index is 0.0399. The van der Waals surface area contributed by atoms with Crippen molar-refractivity contribution in [1.29, 1.82) is 0 Å². The highest BCUT2D eigenvalue weighted by atomic mass is 35.5. The molecule has 0 N–H and O–H groups in total. The van der Waals surface area contributed by atoms with Crippen molar-refractivity contribution in [3.05, 3.63) is 28.8 Å². The number of carbonyl (C=O) groups is 1. The van der Waals surface area contributed by atoms with E-state index in [4.69, 9.17) is 16.3 Å². The van der Waals surface area contributed by atoms with Gasteiger partial charge in [-0.25, -0.2) is 0 Å². The number of nitrogens with zero attached hydrogens (tertiary/aromatic N) is 1. The molecular formula is C18H28ClNO2. The second kappa shape index (κ2) is 8.42. The molecular weight excluding hydrogens is 298 g/mol. The van der Waals surface area contributed by atoms with Crippen molar-refractivity contribution >= 4 is 17.5 Å². The summed E-state index contributed by atoms with van der Waals surface area (Å²) in [5.41, 5.74) is 0.936. The molecule has 0 fully saturated rings. The summed E-state index contributed by atoms with van der Waals surface area (Å²) < 4.78 is 5.88. The molecule has 0 saturated heterocycles. The molecule has 3 unspecified atom stereocenters. The minimum Gasteiger partial charge on any atom is -0.481 e. The first kappa shape index (κ1) is 18.8. The highest BCUT2D eigenvalue weighted by Gasteiger charge is 2.28. The first-order valence-electron chi connectivity index (χ1n) is 8.06. The molecule has 4 heteroatoms. The Balaban J connectivity index is 2.89. The van der Waals surface area contributed by atoms with Crippen LogP contribution in [0.1, 0.15) is 53.0 Å². The summed E-state index contributed by atoms with van der Waals surface area (Å²) in [6.07, 6.45) is 1.36. The van der Waals surface area contributed by atoms with Crippen LogP contribution >= 0.6 is 11.6 Å². The molecule has 0 heterocycles. The molecule has 0 spiro atoms. The fourth-order valence-corrected chi connectivity index (χ4v) is 2.68. The molecule has 0 bridgehead atoms. The van der Waals surface area contributed by atoms with Gasteiger partial charge in [0.05, 0.1) is 0 Å². The lowest BCUT2D eigenvalue weighted by molar-refractivity contribution is -0.142. The van der Waals surface area contributed by atoms with Crippen molar-refractivity contribution in [2.45, 2.75) is 72.6 Å². The van der Waals surface area contributed by atoms with E-state index in [1.165, 1.54) is 0 Å². The van der Waals surface area contributed by atoms with Crippen molar-refractivity contribution in [3.63, 3.8) is 0 Å². The third kappa shape index (κ3) is 4.64. The lowest BCUT2D eigenvalue weighted by Gasteiger charge is -2.35. The standard InChI is InChI=1S/C18H28ClNO2/c1-7-13(4)20(14(5)8-2)18(21)15(6)22-17-10-9-16(19)11-12(17)3/h9-11,13-15H,7-8H2,1-6H3. The van der Waals surface area contributed by atoms with Crippen molar-refractivity contribution in [2.75, 3.05) is 0 Å². The molecule has 0 radical (unpaired) electrons. The first-order chi connectivity index (χ1) is 10.3. The Morgan fingerprint density at radius 2 is 1.73 bits per heavy atom.